The molecule has 0 N–H and O–H groups in total. The molecule has 2 rings (SSSR count). The summed E-state index contributed by atoms with van der Waals surface area (Å²) in [5.74, 6) is 0.642. The van der Waals surface area contributed by atoms with Gasteiger partial charge in [0.15, 0.2) is 6.29 Å². The van der Waals surface area contributed by atoms with Crippen LogP contribution in [0.15, 0.2) is 18.3 Å². The molecule has 0 saturated carbocycles. The first-order chi connectivity index (χ1) is 8.34. The second kappa shape index (κ2) is 6.57. The summed E-state index contributed by atoms with van der Waals surface area (Å²) in [5, 5.41) is 0. The van der Waals surface area contributed by atoms with E-state index in [4.69, 9.17) is 14.2 Å². The van der Waals surface area contributed by atoms with E-state index >= 15 is 0 Å². The molecule has 1 saturated heterocycles. The summed E-state index contributed by atoms with van der Waals surface area (Å²) in [6.07, 6.45) is 5.07. The number of ether oxygens (including phenoxy) is 3. The predicted molar refractivity (Wildman–Crippen MR) is 64.0 cm³/mol. The zero-order chi connectivity index (χ0) is 11.9. The number of hydrogen-bond acceptors (Lipinski definition) is 4. The first-order valence-corrected chi connectivity index (χ1v) is 6.13. The zero-order valence-corrected chi connectivity index (χ0v) is 10.2. The van der Waals surface area contributed by atoms with Crippen molar-refractivity contribution in [3.63, 3.8) is 0 Å². The highest BCUT2D eigenvalue weighted by molar-refractivity contribution is 5.16. The Morgan fingerprint density at radius 1 is 1.35 bits per heavy atom. The van der Waals surface area contributed by atoms with E-state index in [1.807, 2.05) is 19.1 Å². The Morgan fingerprint density at radius 2 is 2.29 bits per heavy atom. The lowest BCUT2D eigenvalue weighted by molar-refractivity contribution is -0.165. The van der Waals surface area contributed by atoms with Crippen LogP contribution >= 0.6 is 0 Å². The van der Waals surface area contributed by atoms with Gasteiger partial charge in [0.25, 0.3) is 0 Å². The second-order valence-electron chi connectivity index (χ2n) is 4.19. The number of pyridine rings is 1. The van der Waals surface area contributed by atoms with Crippen LogP contribution in [0.2, 0.25) is 0 Å². The molecule has 1 aromatic heterocycles. The molecule has 0 amide bonds. The quantitative estimate of drug-likeness (QED) is 0.737. The van der Waals surface area contributed by atoms with Crippen LogP contribution in [0.25, 0.3) is 0 Å². The molecule has 1 aromatic rings. The molecule has 2 heterocycles. The van der Waals surface area contributed by atoms with Gasteiger partial charge in [-0.3, -0.25) is 0 Å². The van der Waals surface area contributed by atoms with E-state index in [0.29, 0.717) is 19.1 Å². The van der Waals surface area contributed by atoms with E-state index < -0.39 is 0 Å². The maximum absolute atomic E-state index is 5.55. The van der Waals surface area contributed by atoms with Crippen molar-refractivity contribution in [3.8, 4) is 5.88 Å². The van der Waals surface area contributed by atoms with Gasteiger partial charge in [-0.1, -0.05) is 6.07 Å². The highest BCUT2D eigenvalue weighted by Crippen LogP contribution is 2.13. The van der Waals surface area contributed by atoms with Gasteiger partial charge in [0.2, 0.25) is 5.88 Å². The molecule has 0 aromatic carbocycles. The minimum atomic E-state index is -0.0432. The zero-order valence-electron chi connectivity index (χ0n) is 10.2. The van der Waals surface area contributed by atoms with E-state index in [2.05, 4.69) is 4.98 Å². The number of hydrogen-bond donors (Lipinski definition) is 0. The Morgan fingerprint density at radius 3 is 3.00 bits per heavy atom. The van der Waals surface area contributed by atoms with Crippen molar-refractivity contribution in [2.24, 2.45) is 0 Å². The van der Waals surface area contributed by atoms with Gasteiger partial charge >= 0.3 is 0 Å². The molecule has 0 radical (unpaired) electrons. The molecule has 4 nitrogen and oxygen atoms in total. The molecule has 1 fully saturated rings. The average molecular weight is 237 g/mol. The fourth-order valence-corrected chi connectivity index (χ4v) is 1.71. The molecule has 1 atom stereocenters. The van der Waals surface area contributed by atoms with Crippen LogP contribution in [0.5, 0.6) is 5.88 Å². The standard InChI is InChI=1S/C13H19NO3/c1-11-5-6-12(14-10-11)15-8-9-17-13-4-2-3-7-16-13/h5-6,10,13H,2-4,7-9H2,1H3/t13-/m0/s1. The Kier molecular flexibility index (Phi) is 4.76. The number of aromatic nitrogens is 1. The third kappa shape index (κ3) is 4.32. The predicted octanol–water partition coefficient (Wildman–Crippen LogP) is 2.31. The van der Waals surface area contributed by atoms with Crippen molar-refractivity contribution in [1.82, 2.24) is 4.98 Å². The summed E-state index contributed by atoms with van der Waals surface area (Å²) >= 11 is 0. The van der Waals surface area contributed by atoms with Crippen molar-refractivity contribution >= 4 is 0 Å². The topological polar surface area (TPSA) is 40.6 Å². The second-order valence-corrected chi connectivity index (χ2v) is 4.19. The molecule has 94 valence electrons. The summed E-state index contributed by atoms with van der Waals surface area (Å²) in [4.78, 5) is 4.15. The van der Waals surface area contributed by atoms with E-state index in [1.165, 1.54) is 6.42 Å². The van der Waals surface area contributed by atoms with Gasteiger partial charge in [-0.2, -0.15) is 0 Å². The van der Waals surface area contributed by atoms with E-state index in [9.17, 15) is 0 Å². The van der Waals surface area contributed by atoms with Crippen molar-refractivity contribution in [2.75, 3.05) is 19.8 Å². The molecule has 1 aliphatic heterocycles. The average Bonchev–Trinajstić information content (AvgIpc) is 2.38. The first-order valence-electron chi connectivity index (χ1n) is 6.13. The van der Waals surface area contributed by atoms with Crippen LogP contribution in [0.3, 0.4) is 0 Å². The third-order valence-corrected chi connectivity index (χ3v) is 2.66. The van der Waals surface area contributed by atoms with Crippen LogP contribution in [-0.4, -0.2) is 31.1 Å². The Balaban J connectivity index is 1.60. The summed E-state index contributed by atoms with van der Waals surface area (Å²) < 4.78 is 16.5. The monoisotopic (exact) mass is 237 g/mol. The maximum Gasteiger partial charge on any atom is 0.213 e. The smallest absolute Gasteiger partial charge is 0.213 e. The largest absolute Gasteiger partial charge is 0.475 e. The van der Waals surface area contributed by atoms with Crippen molar-refractivity contribution in [2.45, 2.75) is 32.5 Å². The molecule has 17 heavy (non-hydrogen) atoms. The number of nitrogens with zero attached hydrogens (tertiary/aromatic N) is 1. The van der Waals surface area contributed by atoms with E-state index in [-0.39, 0.29) is 6.29 Å². The fraction of sp³-hybridized carbons (Fsp3) is 0.615. The molecular weight excluding hydrogens is 218 g/mol. The lowest BCUT2D eigenvalue weighted by Gasteiger charge is -2.22. The van der Waals surface area contributed by atoms with Gasteiger partial charge < -0.3 is 14.2 Å². The highest BCUT2D eigenvalue weighted by atomic mass is 16.7. The lowest BCUT2D eigenvalue weighted by Crippen LogP contribution is -2.24. The molecular formula is C13H19NO3. The first kappa shape index (κ1) is 12.3. The van der Waals surface area contributed by atoms with E-state index in [1.54, 1.807) is 6.20 Å². The highest BCUT2D eigenvalue weighted by Gasteiger charge is 2.13. The summed E-state index contributed by atoms with van der Waals surface area (Å²) in [7, 11) is 0. The summed E-state index contributed by atoms with van der Waals surface area (Å²) in [5.41, 5.74) is 1.13. The van der Waals surface area contributed by atoms with Gasteiger partial charge in [0.05, 0.1) is 6.61 Å². The Hall–Kier alpha value is -1.13. The minimum absolute atomic E-state index is 0.0432. The third-order valence-electron chi connectivity index (χ3n) is 2.66. The van der Waals surface area contributed by atoms with Crippen LogP contribution in [0, 0.1) is 6.92 Å². The van der Waals surface area contributed by atoms with Gasteiger partial charge in [0.1, 0.15) is 6.61 Å². The SMILES string of the molecule is Cc1ccc(OCCO[C@H]2CCCCO2)nc1. The molecule has 0 spiro atoms. The Bertz CT molecular complexity index is 320. The van der Waals surface area contributed by atoms with Crippen molar-refractivity contribution in [1.29, 1.82) is 0 Å². The van der Waals surface area contributed by atoms with Crippen molar-refractivity contribution < 1.29 is 14.2 Å². The summed E-state index contributed by atoms with van der Waals surface area (Å²) in [6.45, 7) is 3.86. The minimum Gasteiger partial charge on any atom is -0.475 e. The van der Waals surface area contributed by atoms with E-state index in [0.717, 1.165) is 25.0 Å². The van der Waals surface area contributed by atoms with Gasteiger partial charge in [-0.15, -0.1) is 0 Å². The van der Waals surface area contributed by atoms with Gasteiger partial charge in [-0.05, 0) is 31.7 Å². The van der Waals surface area contributed by atoms with Crippen LogP contribution in [-0.2, 0) is 9.47 Å². The van der Waals surface area contributed by atoms with Crippen LogP contribution in [0.4, 0.5) is 0 Å². The Labute approximate surface area is 102 Å². The normalized spacial score (nSPS) is 20.2. The fourth-order valence-electron chi connectivity index (χ4n) is 1.71. The number of rotatable bonds is 5. The van der Waals surface area contributed by atoms with Crippen molar-refractivity contribution in [3.05, 3.63) is 23.9 Å². The van der Waals surface area contributed by atoms with Gasteiger partial charge in [-0.25, -0.2) is 4.98 Å². The number of aryl methyl sites for hydroxylation is 1. The van der Waals surface area contributed by atoms with Crippen LogP contribution < -0.4 is 4.74 Å². The molecule has 4 heteroatoms. The molecule has 0 bridgehead atoms. The maximum atomic E-state index is 5.55. The van der Waals surface area contributed by atoms with Crippen LogP contribution in [0.1, 0.15) is 24.8 Å². The molecule has 0 aliphatic carbocycles. The summed E-state index contributed by atoms with van der Waals surface area (Å²) in [6, 6.07) is 3.85. The molecule has 0 unspecified atom stereocenters. The van der Waals surface area contributed by atoms with Gasteiger partial charge in [0, 0.05) is 18.9 Å². The lowest BCUT2D eigenvalue weighted by atomic mass is 10.2. The molecule has 1 aliphatic rings.